The Balaban J connectivity index is 1.58. The van der Waals surface area contributed by atoms with E-state index < -0.39 is 0 Å². The summed E-state index contributed by atoms with van der Waals surface area (Å²) in [5.41, 5.74) is 7.76. The van der Waals surface area contributed by atoms with Crippen LogP contribution in [0, 0.1) is 19.1 Å². The average Bonchev–Trinajstić information content (AvgIpc) is 3.38. The van der Waals surface area contributed by atoms with Gasteiger partial charge in [-0.3, -0.25) is 4.68 Å². The summed E-state index contributed by atoms with van der Waals surface area (Å²) in [4.78, 5) is 4.87. The number of ether oxygens (including phenoxy) is 1. The Morgan fingerprint density at radius 1 is 1.06 bits per heavy atom. The number of aryl methyl sites for hydroxylation is 3. The van der Waals surface area contributed by atoms with E-state index in [4.69, 9.17) is 9.72 Å². The average molecular weight is 440 g/mol. The first-order chi connectivity index (χ1) is 16.0. The van der Waals surface area contributed by atoms with Crippen LogP contribution in [0.4, 0.5) is 0 Å². The number of fused-ring (bicyclic) bond motifs is 1. The molecule has 0 saturated heterocycles. The molecule has 0 aliphatic heterocycles. The zero-order chi connectivity index (χ0) is 22.9. The highest BCUT2D eigenvalue weighted by Gasteiger charge is 2.15. The Kier molecular flexibility index (Phi) is 5.30. The van der Waals surface area contributed by atoms with Crippen LogP contribution in [0.15, 0.2) is 73.3 Å². The van der Waals surface area contributed by atoms with Crippen molar-refractivity contribution in [1.82, 2.24) is 19.3 Å². The number of nitrogens with zero attached hydrogens (tertiary/aromatic N) is 5. The first-order valence-corrected chi connectivity index (χ1v) is 10.8. The van der Waals surface area contributed by atoms with E-state index >= 15 is 0 Å². The topological polar surface area (TPSA) is 71.8 Å². The van der Waals surface area contributed by atoms with Gasteiger partial charge in [0.25, 0.3) is 0 Å². The van der Waals surface area contributed by atoms with Crippen molar-refractivity contribution in [3.8, 4) is 16.9 Å². The highest BCUT2D eigenvalue weighted by Crippen LogP contribution is 2.27. The summed E-state index contributed by atoms with van der Waals surface area (Å²) in [5, 5.41) is 15.9. The van der Waals surface area contributed by atoms with Crippen molar-refractivity contribution in [2.75, 3.05) is 0 Å². The van der Waals surface area contributed by atoms with Crippen molar-refractivity contribution in [3.05, 3.63) is 101 Å². The van der Waals surface area contributed by atoms with E-state index in [0.717, 1.165) is 32.7 Å². The molecule has 3 heterocycles. The van der Waals surface area contributed by atoms with Gasteiger partial charge >= 0.3 is 0 Å². The molecule has 0 N–H and O–H groups in total. The third-order valence-electron chi connectivity index (χ3n) is 5.81. The van der Waals surface area contributed by atoms with E-state index in [0.29, 0.717) is 12.3 Å². The summed E-state index contributed by atoms with van der Waals surface area (Å²) in [7, 11) is 1.91. The van der Waals surface area contributed by atoms with Gasteiger partial charge in [-0.15, -0.1) is 0 Å². The van der Waals surface area contributed by atoms with E-state index in [2.05, 4.69) is 53.8 Å². The van der Waals surface area contributed by atoms with Crippen LogP contribution in [-0.2, 0) is 20.2 Å². The minimum absolute atomic E-state index is 0.256. The number of pyridine rings is 1. The highest BCUT2D eigenvalue weighted by molar-refractivity contribution is 5.82. The second kappa shape index (κ2) is 8.43. The third-order valence-corrected chi connectivity index (χ3v) is 5.81. The molecule has 33 heavy (non-hydrogen) atoms. The van der Waals surface area contributed by atoms with Crippen molar-refractivity contribution in [2.24, 2.45) is 7.05 Å². The minimum Gasteiger partial charge on any atom is -0.619 e. The smallest absolute Gasteiger partial charge is 0.222 e. The molecule has 0 spiro atoms. The quantitative estimate of drug-likeness (QED) is 0.292. The predicted molar refractivity (Wildman–Crippen MR) is 127 cm³/mol. The highest BCUT2D eigenvalue weighted by atomic mass is 16.5. The Morgan fingerprint density at radius 3 is 2.73 bits per heavy atom. The molecule has 7 heteroatoms. The van der Waals surface area contributed by atoms with Gasteiger partial charge in [0.1, 0.15) is 12.4 Å². The van der Waals surface area contributed by atoms with Gasteiger partial charge in [0.15, 0.2) is 11.9 Å². The Hall–Kier alpha value is -4.13. The Labute approximate surface area is 192 Å². The molecule has 0 fully saturated rings. The van der Waals surface area contributed by atoms with E-state index in [1.807, 2.05) is 25.5 Å². The summed E-state index contributed by atoms with van der Waals surface area (Å²) in [6.07, 6.45) is 6.72. The predicted octanol–water partition coefficient (Wildman–Crippen LogP) is 4.31. The summed E-state index contributed by atoms with van der Waals surface area (Å²) < 4.78 is 10.7. The molecule has 0 aliphatic rings. The maximum Gasteiger partial charge on any atom is 0.222 e. The van der Waals surface area contributed by atoms with Gasteiger partial charge in [-0.1, -0.05) is 29.8 Å². The van der Waals surface area contributed by atoms with Gasteiger partial charge in [0, 0.05) is 31.4 Å². The lowest BCUT2D eigenvalue weighted by molar-refractivity contribution is -0.605. The lowest BCUT2D eigenvalue weighted by Gasteiger charge is -2.13. The number of benzene rings is 2. The number of hydrogen-bond acceptors (Lipinski definition) is 4. The Morgan fingerprint density at radius 2 is 1.94 bits per heavy atom. The van der Waals surface area contributed by atoms with Crippen molar-refractivity contribution < 1.29 is 9.47 Å². The molecule has 0 saturated carbocycles. The van der Waals surface area contributed by atoms with Gasteiger partial charge in [-0.2, -0.15) is 9.83 Å². The van der Waals surface area contributed by atoms with Gasteiger partial charge in [-0.25, -0.2) is 4.98 Å². The lowest BCUT2D eigenvalue weighted by atomic mass is 10.1. The van der Waals surface area contributed by atoms with Crippen molar-refractivity contribution in [3.63, 3.8) is 0 Å². The second-order valence-electron chi connectivity index (χ2n) is 8.34. The summed E-state index contributed by atoms with van der Waals surface area (Å²) in [5.74, 6) is 1.31. The van der Waals surface area contributed by atoms with Gasteiger partial charge in [0.05, 0.1) is 17.2 Å². The molecule has 2 aromatic carbocycles. The Bertz CT molecular complexity index is 1450. The molecule has 0 amide bonds. The van der Waals surface area contributed by atoms with Crippen LogP contribution >= 0.6 is 0 Å². The molecule has 5 rings (SSSR count). The lowest BCUT2D eigenvalue weighted by Crippen LogP contribution is -2.24. The summed E-state index contributed by atoms with van der Waals surface area (Å²) in [6.45, 7) is 5.16. The van der Waals surface area contributed by atoms with Crippen LogP contribution in [-0.4, -0.2) is 19.3 Å². The normalized spacial score (nSPS) is 11.2. The van der Waals surface area contributed by atoms with Gasteiger partial charge < -0.3 is 14.5 Å². The van der Waals surface area contributed by atoms with Crippen molar-refractivity contribution >= 4 is 11.0 Å². The molecule has 5 aromatic rings. The van der Waals surface area contributed by atoms with Gasteiger partial charge in [0.2, 0.25) is 6.20 Å². The zero-order valence-electron chi connectivity index (χ0n) is 18.9. The van der Waals surface area contributed by atoms with Crippen LogP contribution in [0.25, 0.3) is 22.2 Å². The molecule has 0 unspecified atom stereocenters. The molecule has 3 aromatic heterocycles. The molecular weight excluding hydrogens is 414 g/mol. The maximum absolute atomic E-state index is 11.6. The molecule has 0 radical (unpaired) electrons. The monoisotopic (exact) mass is 439 g/mol. The third kappa shape index (κ3) is 4.30. The van der Waals surface area contributed by atoms with Crippen LogP contribution in [0.2, 0.25) is 0 Å². The number of imidazole rings is 1. The van der Waals surface area contributed by atoms with Crippen LogP contribution in [0.5, 0.6) is 5.75 Å². The minimum atomic E-state index is 0.256. The fourth-order valence-electron chi connectivity index (χ4n) is 4.02. The van der Waals surface area contributed by atoms with Crippen LogP contribution < -0.4 is 9.47 Å². The summed E-state index contributed by atoms with van der Waals surface area (Å²) >= 11 is 0. The molecule has 0 aliphatic carbocycles. The standard InChI is InChI=1S/C26H25N5O2/c1-18-6-7-19(2)21(11-18)15-31-25-12-20(22-13-27-29(3)14-22)8-9-24(25)28-26(31)17-33-23-5-4-10-30(32)16-23/h4-14,16H,15,17H2,1-3H3. The second-order valence-corrected chi connectivity index (χ2v) is 8.34. The van der Waals surface area contributed by atoms with Crippen molar-refractivity contribution in [1.29, 1.82) is 0 Å². The van der Waals surface area contributed by atoms with E-state index in [1.165, 1.54) is 29.1 Å². The first kappa shape index (κ1) is 20.8. The first-order valence-electron chi connectivity index (χ1n) is 10.8. The molecule has 0 atom stereocenters. The van der Waals surface area contributed by atoms with E-state index in [9.17, 15) is 5.21 Å². The maximum atomic E-state index is 11.6. The summed E-state index contributed by atoms with van der Waals surface area (Å²) in [6, 6.07) is 16.2. The number of aromatic nitrogens is 5. The van der Waals surface area contributed by atoms with E-state index in [1.54, 1.807) is 16.8 Å². The fraction of sp³-hybridized carbons (Fsp3) is 0.192. The molecule has 166 valence electrons. The van der Waals surface area contributed by atoms with Crippen molar-refractivity contribution in [2.45, 2.75) is 27.0 Å². The molecular formula is C26H25N5O2. The molecule has 0 bridgehead atoms. The zero-order valence-corrected chi connectivity index (χ0v) is 18.9. The van der Waals surface area contributed by atoms with Crippen LogP contribution in [0.1, 0.15) is 22.5 Å². The fourth-order valence-corrected chi connectivity index (χ4v) is 4.02. The SMILES string of the molecule is Cc1ccc(C)c(Cn2c(COc3ccc[n+]([O-])c3)nc3ccc(-c4cnn(C)c4)cc32)c1. The van der Waals surface area contributed by atoms with Gasteiger partial charge in [-0.05, 0) is 48.7 Å². The number of hydrogen-bond donors (Lipinski definition) is 0. The largest absolute Gasteiger partial charge is 0.619 e. The number of rotatable bonds is 6. The van der Waals surface area contributed by atoms with E-state index in [-0.39, 0.29) is 6.61 Å². The van der Waals surface area contributed by atoms with Crippen LogP contribution in [0.3, 0.4) is 0 Å². The molecule has 7 nitrogen and oxygen atoms in total.